The molecule has 4 nitrogen and oxygen atoms in total. The van der Waals surface area contributed by atoms with Gasteiger partial charge in [-0.3, -0.25) is 0 Å². The number of hydrogen-bond donors (Lipinski definition) is 2. The zero-order valence-electron chi connectivity index (χ0n) is 13.8. The first-order valence-corrected chi connectivity index (χ1v) is 8.22. The fourth-order valence-electron chi connectivity index (χ4n) is 2.63. The summed E-state index contributed by atoms with van der Waals surface area (Å²) in [4.78, 5) is 12.0. The highest BCUT2D eigenvalue weighted by Crippen LogP contribution is 2.31. The average Bonchev–Trinajstić information content (AvgIpc) is 2.32. The fraction of sp³-hybridized carbons (Fsp3) is 0.588. The molecule has 0 atom stereocenters. The third-order valence-corrected chi connectivity index (χ3v) is 4.01. The number of nitrogens with one attached hydrogen (secondary N) is 2. The molecular weight excluding hydrogens is 319 g/mol. The Hall–Kier alpha value is -1.33. The Morgan fingerprint density at radius 2 is 2.04 bits per heavy atom. The second kappa shape index (κ2) is 7.05. The number of halogens is 2. The van der Waals surface area contributed by atoms with E-state index in [1.165, 1.54) is 12.1 Å². The van der Waals surface area contributed by atoms with Crippen LogP contribution in [0.15, 0.2) is 18.2 Å². The molecule has 0 saturated heterocycles. The smallest absolute Gasteiger partial charge is 0.408 e. The lowest BCUT2D eigenvalue weighted by Crippen LogP contribution is -2.59. The van der Waals surface area contributed by atoms with Gasteiger partial charge in [-0.1, -0.05) is 11.6 Å². The van der Waals surface area contributed by atoms with Crippen LogP contribution in [0.2, 0.25) is 5.02 Å². The number of amides is 1. The molecule has 0 heterocycles. The van der Waals surface area contributed by atoms with Crippen molar-refractivity contribution in [2.75, 3.05) is 6.54 Å². The number of hydrogen-bond acceptors (Lipinski definition) is 3. The van der Waals surface area contributed by atoms with E-state index in [0.717, 1.165) is 24.8 Å². The normalized spacial score (nSPS) is 16.6. The minimum absolute atomic E-state index is 0.278. The number of benzene rings is 1. The zero-order valence-corrected chi connectivity index (χ0v) is 14.6. The number of rotatable bonds is 5. The van der Waals surface area contributed by atoms with E-state index in [4.69, 9.17) is 16.3 Å². The Morgan fingerprint density at radius 3 is 2.57 bits per heavy atom. The van der Waals surface area contributed by atoms with E-state index < -0.39 is 11.7 Å². The van der Waals surface area contributed by atoms with Crippen molar-refractivity contribution in [3.05, 3.63) is 34.6 Å². The third kappa shape index (κ3) is 5.66. The minimum atomic E-state index is -0.513. The molecule has 23 heavy (non-hydrogen) atoms. The summed E-state index contributed by atoms with van der Waals surface area (Å²) in [7, 11) is 0. The van der Waals surface area contributed by atoms with Crippen molar-refractivity contribution in [3.8, 4) is 0 Å². The van der Waals surface area contributed by atoms with Gasteiger partial charge in [0.05, 0.1) is 5.54 Å². The van der Waals surface area contributed by atoms with Gasteiger partial charge in [-0.05, 0) is 63.8 Å². The molecule has 1 aromatic carbocycles. The van der Waals surface area contributed by atoms with E-state index in [9.17, 15) is 9.18 Å². The summed E-state index contributed by atoms with van der Waals surface area (Å²) in [5.41, 5.74) is -0.0121. The molecule has 1 aliphatic carbocycles. The SMILES string of the molecule is CC(C)(C)OC(=O)NC1(CNCc2cc(F)cc(Cl)c2)CCC1. The van der Waals surface area contributed by atoms with Crippen molar-refractivity contribution in [3.63, 3.8) is 0 Å². The van der Waals surface area contributed by atoms with E-state index >= 15 is 0 Å². The van der Waals surface area contributed by atoms with Gasteiger partial charge in [0.1, 0.15) is 11.4 Å². The fourth-order valence-corrected chi connectivity index (χ4v) is 2.87. The first kappa shape index (κ1) is 18.0. The molecule has 2 rings (SSSR count). The van der Waals surface area contributed by atoms with Gasteiger partial charge >= 0.3 is 6.09 Å². The lowest BCUT2D eigenvalue weighted by atomic mass is 9.76. The van der Waals surface area contributed by atoms with Crippen LogP contribution in [0.1, 0.15) is 45.6 Å². The highest BCUT2D eigenvalue weighted by atomic mass is 35.5. The van der Waals surface area contributed by atoms with Crippen LogP contribution in [0, 0.1) is 5.82 Å². The van der Waals surface area contributed by atoms with Crippen molar-refractivity contribution in [1.29, 1.82) is 0 Å². The maximum atomic E-state index is 13.3. The van der Waals surface area contributed by atoms with E-state index in [2.05, 4.69) is 10.6 Å². The average molecular weight is 343 g/mol. The van der Waals surface area contributed by atoms with Gasteiger partial charge in [0, 0.05) is 18.1 Å². The summed E-state index contributed by atoms with van der Waals surface area (Å²) in [5, 5.41) is 6.62. The molecule has 0 aliphatic heterocycles. The molecule has 6 heteroatoms. The first-order valence-electron chi connectivity index (χ1n) is 7.84. The summed E-state index contributed by atoms with van der Waals surface area (Å²) in [6.07, 6.45) is 2.49. The summed E-state index contributed by atoms with van der Waals surface area (Å²) in [5.74, 6) is -0.348. The Balaban J connectivity index is 1.85. The topological polar surface area (TPSA) is 50.4 Å². The van der Waals surface area contributed by atoms with Gasteiger partial charge in [0.25, 0.3) is 0 Å². The highest BCUT2D eigenvalue weighted by Gasteiger charge is 2.39. The number of alkyl carbamates (subject to hydrolysis) is 1. The van der Waals surface area contributed by atoms with Gasteiger partial charge in [0.2, 0.25) is 0 Å². The van der Waals surface area contributed by atoms with Gasteiger partial charge in [-0.2, -0.15) is 0 Å². The molecular formula is C17H24ClFN2O2. The van der Waals surface area contributed by atoms with Crippen molar-refractivity contribution < 1.29 is 13.9 Å². The van der Waals surface area contributed by atoms with E-state index in [-0.39, 0.29) is 11.4 Å². The first-order chi connectivity index (χ1) is 10.7. The summed E-state index contributed by atoms with van der Waals surface area (Å²) >= 11 is 5.85. The quantitative estimate of drug-likeness (QED) is 0.849. The summed E-state index contributed by atoms with van der Waals surface area (Å²) in [6, 6.07) is 4.46. The van der Waals surface area contributed by atoms with Crippen molar-refractivity contribution >= 4 is 17.7 Å². The maximum Gasteiger partial charge on any atom is 0.408 e. The monoisotopic (exact) mass is 342 g/mol. The predicted molar refractivity (Wildman–Crippen MR) is 89.1 cm³/mol. The van der Waals surface area contributed by atoms with Crippen LogP contribution in [0.5, 0.6) is 0 Å². The van der Waals surface area contributed by atoms with E-state index in [0.29, 0.717) is 18.1 Å². The van der Waals surface area contributed by atoms with Crippen LogP contribution in [0.4, 0.5) is 9.18 Å². The molecule has 128 valence electrons. The van der Waals surface area contributed by atoms with Gasteiger partial charge in [-0.25, -0.2) is 9.18 Å². The molecule has 0 aromatic heterocycles. The Kier molecular flexibility index (Phi) is 5.53. The highest BCUT2D eigenvalue weighted by molar-refractivity contribution is 6.30. The lowest BCUT2D eigenvalue weighted by Gasteiger charge is -2.42. The van der Waals surface area contributed by atoms with Gasteiger partial charge in [-0.15, -0.1) is 0 Å². The number of ether oxygens (including phenoxy) is 1. The molecule has 1 saturated carbocycles. The van der Waals surface area contributed by atoms with Crippen molar-refractivity contribution in [1.82, 2.24) is 10.6 Å². The third-order valence-electron chi connectivity index (χ3n) is 3.79. The van der Waals surface area contributed by atoms with Crippen molar-refractivity contribution in [2.24, 2.45) is 0 Å². The molecule has 0 bridgehead atoms. The largest absolute Gasteiger partial charge is 0.444 e. The van der Waals surface area contributed by atoms with Crippen LogP contribution >= 0.6 is 11.6 Å². The second-order valence-electron chi connectivity index (χ2n) is 7.14. The molecule has 1 aromatic rings. The van der Waals surface area contributed by atoms with Crippen LogP contribution in [0.25, 0.3) is 0 Å². The Morgan fingerprint density at radius 1 is 1.35 bits per heavy atom. The van der Waals surface area contributed by atoms with E-state index in [1.807, 2.05) is 20.8 Å². The Labute approximate surface area is 141 Å². The number of carbonyl (C=O) groups is 1. The predicted octanol–water partition coefficient (Wildman–Crippen LogP) is 4.02. The molecule has 1 amide bonds. The van der Waals surface area contributed by atoms with Crippen molar-refractivity contribution in [2.45, 2.75) is 57.7 Å². The van der Waals surface area contributed by atoms with Gasteiger partial charge in [0.15, 0.2) is 0 Å². The molecule has 0 spiro atoms. The van der Waals surface area contributed by atoms with Crippen LogP contribution in [-0.4, -0.2) is 23.8 Å². The molecule has 1 fully saturated rings. The summed E-state index contributed by atoms with van der Waals surface area (Å²) < 4.78 is 18.6. The summed E-state index contributed by atoms with van der Waals surface area (Å²) in [6.45, 7) is 6.62. The molecule has 0 unspecified atom stereocenters. The lowest BCUT2D eigenvalue weighted by molar-refractivity contribution is 0.0382. The maximum absolute atomic E-state index is 13.3. The second-order valence-corrected chi connectivity index (χ2v) is 7.58. The van der Waals surface area contributed by atoms with Crippen LogP contribution in [-0.2, 0) is 11.3 Å². The number of carbonyl (C=O) groups excluding carboxylic acids is 1. The van der Waals surface area contributed by atoms with Crippen LogP contribution in [0.3, 0.4) is 0 Å². The Bertz CT molecular complexity index is 548. The van der Waals surface area contributed by atoms with Gasteiger partial charge < -0.3 is 15.4 Å². The van der Waals surface area contributed by atoms with Crippen LogP contribution < -0.4 is 10.6 Å². The minimum Gasteiger partial charge on any atom is -0.444 e. The molecule has 0 radical (unpaired) electrons. The standard InChI is InChI=1S/C17H24ClFN2O2/c1-16(2,3)23-15(22)21-17(5-4-6-17)11-20-10-12-7-13(18)9-14(19)8-12/h7-9,20H,4-6,10-11H2,1-3H3,(H,21,22). The zero-order chi connectivity index (χ0) is 17.1. The molecule has 2 N–H and O–H groups in total. The molecule has 1 aliphatic rings. The van der Waals surface area contributed by atoms with E-state index in [1.54, 1.807) is 6.07 Å².